The number of hydrogen-bond donors (Lipinski definition) is 2. The topological polar surface area (TPSA) is 67.4 Å². The second-order valence-electron chi connectivity index (χ2n) is 7.67. The number of carbonyl (C=O) groups excluding carboxylic acids is 2. The fourth-order valence-corrected chi connectivity index (χ4v) is 4.33. The van der Waals surface area contributed by atoms with Crippen molar-refractivity contribution >= 4 is 40.8 Å². The molecule has 2 unspecified atom stereocenters. The maximum atomic E-state index is 14.0. The van der Waals surface area contributed by atoms with Gasteiger partial charge in [-0.15, -0.1) is 11.6 Å². The molecule has 0 aliphatic heterocycles. The maximum Gasteiger partial charge on any atom is 0.412 e. The van der Waals surface area contributed by atoms with E-state index in [2.05, 4.69) is 15.4 Å². The summed E-state index contributed by atoms with van der Waals surface area (Å²) >= 11 is 12.3. The molecule has 1 aliphatic rings. The Morgan fingerprint density at radius 2 is 1.74 bits per heavy atom. The third-order valence-electron chi connectivity index (χ3n) is 5.29. The van der Waals surface area contributed by atoms with Gasteiger partial charge in [-0.2, -0.15) is 13.2 Å². The molecule has 2 N–H and O–H groups in total. The number of esters is 1. The second kappa shape index (κ2) is 10.7. The van der Waals surface area contributed by atoms with E-state index in [9.17, 15) is 27.2 Å². The fourth-order valence-electron chi connectivity index (χ4n) is 3.53. The molecule has 2 aromatic carbocycles. The van der Waals surface area contributed by atoms with E-state index >= 15 is 0 Å². The Balaban J connectivity index is 1.72. The zero-order valence-electron chi connectivity index (χ0n) is 18.3. The molecule has 2 aromatic rings. The number of amides is 2. The lowest BCUT2D eigenvalue weighted by molar-refractivity contribution is -0.148. The molecule has 3 rings (SSSR count). The highest BCUT2D eigenvalue weighted by molar-refractivity contribution is 6.40. The number of methoxy groups -OCH3 is 1. The Kier molecular flexibility index (Phi) is 8.12. The Hall–Kier alpha value is -3.04. The SMILES string of the molecule is COC(=O)C(F)c1ccc(CNC(=O)NC2=CC(Cl)=C(c3ccccc3)C(Cl)(C(F)(F)F)C2)cc1. The first-order chi connectivity index (χ1) is 16.5. The lowest BCUT2D eigenvalue weighted by Gasteiger charge is -2.36. The van der Waals surface area contributed by atoms with Gasteiger partial charge in [0.25, 0.3) is 0 Å². The van der Waals surface area contributed by atoms with Crippen LogP contribution in [0.25, 0.3) is 5.57 Å². The zero-order chi connectivity index (χ0) is 25.8. The lowest BCUT2D eigenvalue weighted by atomic mass is 9.83. The van der Waals surface area contributed by atoms with Crippen LogP contribution in [0.5, 0.6) is 0 Å². The van der Waals surface area contributed by atoms with E-state index in [0.29, 0.717) is 5.56 Å². The van der Waals surface area contributed by atoms with Crippen LogP contribution in [-0.2, 0) is 16.1 Å². The third kappa shape index (κ3) is 5.97. The standard InChI is InChI=1S/C24H20Cl2F4N2O3/c1-35-21(33)20(27)16-9-7-14(8-10-16)13-31-22(34)32-17-11-18(25)19(15-5-3-2-4-6-15)23(26,12-17)24(28,29)30/h2-11,20H,12-13H2,1H3,(H2,31,32,34). The van der Waals surface area contributed by atoms with Crippen molar-refractivity contribution in [2.45, 2.75) is 30.2 Å². The molecule has 1 aliphatic carbocycles. The predicted molar refractivity (Wildman–Crippen MR) is 124 cm³/mol. The number of urea groups is 1. The minimum atomic E-state index is -4.86. The van der Waals surface area contributed by atoms with Crippen molar-refractivity contribution in [2.75, 3.05) is 7.11 Å². The number of benzene rings is 2. The molecule has 0 heterocycles. The van der Waals surface area contributed by atoms with E-state index in [4.69, 9.17) is 23.2 Å². The van der Waals surface area contributed by atoms with Crippen molar-refractivity contribution in [3.05, 3.63) is 88.1 Å². The van der Waals surface area contributed by atoms with Crippen molar-refractivity contribution in [1.82, 2.24) is 10.6 Å². The van der Waals surface area contributed by atoms with Gasteiger partial charge in [0.15, 0.2) is 4.87 Å². The maximum absolute atomic E-state index is 14.0. The first kappa shape index (κ1) is 26.6. The lowest BCUT2D eigenvalue weighted by Crippen LogP contribution is -2.46. The van der Waals surface area contributed by atoms with Gasteiger partial charge < -0.3 is 15.4 Å². The van der Waals surface area contributed by atoms with Gasteiger partial charge in [-0.05, 0) is 22.8 Å². The average Bonchev–Trinajstić information content (AvgIpc) is 2.81. The molecule has 0 saturated carbocycles. The Labute approximate surface area is 208 Å². The first-order valence-electron chi connectivity index (χ1n) is 10.2. The van der Waals surface area contributed by atoms with Gasteiger partial charge in [0.05, 0.1) is 7.11 Å². The normalized spacial score (nSPS) is 19.0. The molecule has 0 saturated heterocycles. The Bertz CT molecular complexity index is 1150. The zero-order valence-corrected chi connectivity index (χ0v) is 19.8. The first-order valence-corrected chi connectivity index (χ1v) is 11.0. The number of hydrogen-bond acceptors (Lipinski definition) is 3. The number of alkyl halides is 5. The summed E-state index contributed by atoms with van der Waals surface area (Å²) in [6.45, 7) is -0.0152. The largest absolute Gasteiger partial charge is 0.467 e. The number of rotatable bonds is 6. The van der Waals surface area contributed by atoms with Gasteiger partial charge in [0, 0.05) is 29.3 Å². The van der Waals surface area contributed by atoms with Gasteiger partial charge in [-0.25, -0.2) is 14.0 Å². The Morgan fingerprint density at radius 3 is 2.31 bits per heavy atom. The number of allylic oxidation sites excluding steroid dienone is 4. The van der Waals surface area contributed by atoms with Crippen molar-refractivity contribution in [3.63, 3.8) is 0 Å². The molecule has 186 valence electrons. The summed E-state index contributed by atoms with van der Waals surface area (Å²) in [6.07, 6.45) is -6.31. The molecule has 2 atom stereocenters. The summed E-state index contributed by atoms with van der Waals surface area (Å²) in [4.78, 5) is 20.8. The molecule has 11 heteroatoms. The van der Waals surface area contributed by atoms with Crippen molar-refractivity contribution in [1.29, 1.82) is 0 Å². The van der Waals surface area contributed by atoms with Gasteiger partial charge in [0.2, 0.25) is 6.17 Å². The second-order valence-corrected chi connectivity index (χ2v) is 8.72. The van der Waals surface area contributed by atoms with E-state index in [-0.39, 0.29) is 34.0 Å². The summed E-state index contributed by atoms with van der Waals surface area (Å²) in [6, 6.07) is 12.7. The van der Waals surface area contributed by atoms with Gasteiger partial charge in [-0.1, -0.05) is 66.2 Å². The molecule has 5 nitrogen and oxygen atoms in total. The highest BCUT2D eigenvalue weighted by Crippen LogP contribution is 2.53. The number of halogens is 6. The third-order valence-corrected chi connectivity index (χ3v) is 6.12. The van der Waals surface area contributed by atoms with Crippen LogP contribution in [-0.4, -0.2) is 30.2 Å². The highest BCUT2D eigenvalue weighted by atomic mass is 35.5. The summed E-state index contributed by atoms with van der Waals surface area (Å²) in [5.74, 6) is -1.03. The van der Waals surface area contributed by atoms with E-state index in [0.717, 1.165) is 7.11 Å². The van der Waals surface area contributed by atoms with Crippen LogP contribution in [0.4, 0.5) is 22.4 Å². The van der Waals surface area contributed by atoms with Crippen LogP contribution >= 0.6 is 23.2 Å². The number of ether oxygens (including phenoxy) is 1. The minimum Gasteiger partial charge on any atom is -0.467 e. The van der Waals surface area contributed by atoms with Crippen LogP contribution in [0.3, 0.4) is 0 Å². The summed E-state index contributed by atoms with van der Waals surface area (Å²) in [5, 5.41) is 4.61. The monoisotopic (exact) mass is 530 g/mol. The van der Waals surface area contributed by atoms with E-state index < -0.39 is 35.6 Å². The van der Waals surface area contributed by atoms with Gasteiger partial charge in [0.1, 0.15) is 0 Å². The van der Waals surface area contributed by atoms with Crippen molar-refractivity contribution in [3.8, 4) is 0 Å². The average molecular weight is 531 g/mol. The number of carbonyl (C=O) groups is 2. The highest BCUT2D eigenvalue weighted by Gasteiger charge is 2.58. The summed E-state index contributed by atoms with van der Waals surface area (Å²) in [7, 11) is 1.07. The fraction of sp³-hybridized carbons (Fsp3) is 0.250. The van der Waals surface area contributed by atoms with Gasteiger partial charge in [-0.3, -0.25) is 0 Å². The van der Waals surface area contributed by atoms with Crippen molar-refractivity contribution < 1.29 is 31.9 Å². The van der Waals surface area contributed by atoms with Crippen LogP contribution in [0.1, 0.15) is 29.3 Å². The Morgan fingerprint density at radius 1 is 1.11 bits per heavy atom. The van der Waals surface area contributed by atoms with Crippen molar-refractivity contribution in [2.24, 2.45) is 0 Å². The summed E-state index contributed by atoms with van der Waals surface area (Å²) < 4.78 is 60.4. The molecule has 0 aromatic heterocycles. The molecule has 0 spiro atoms. The van der Waals surface area contributed by atoms with E-state index in [1.807, 2.05) is 0 Å². The minimum absolute atomic E-state index is 0.0152. The van der Waals surface area contributed by atoms with E-state index in [1.54, 1.807) is 18.2 Å². The molecule has 35 heavy (non-hydrogen) atoms. The van der Waals surface area contributed by atoms with Gasteiger partial charge >= 0.3 is 18.2 Å². The smallest absolute Gasteiger partial charge is 0.412 e. The molecule has 2 amide bonds. The molecular formula is C24H20Cl2F4N2O3. The quantitative estimate of drug-likeness (QED) is 0.267. The number of nitrogens with one attached hydrogen (secondary N) is 2. The predicted octanol–water partition coefficient (Wildman–Crippen LogP) is 6.15. The van der Waals surface area contributed by atoms with Crippen LogP contribution in [0.15, 0.2) is 71.4 Å². The molecule has 0 fully saturated rings. The molecular weight excluding hydrogens is 511 g/mol. The molecule has 0 bridgehead atoms. The molecule has 0 radical (unpaired) electrons. The van der Waals surface area contributed by atoms with E-state index in [1.165, 1.54) is 42.5 Å². The van der Waals surface area contributed by atoms with Crippen LogP contribution in [0, 0.1) is 0 Å². The van der Waals surface area contributed by atoms with Crippen LogP contribution in [0.2, 0.25) is 0 Å². The summed E-state index contributed by atoms with van der Waals surface area (Å²) in [5.41, 5.74) is 0.450. The van der Waals surface area contributed by atoms with Crippen LogP contribution < -0.4 is 10.6 Å².